The summed E-state index contributed by atoms with van der Waals surface area (Å²) in [5, 5.41) is 18.3. The first-order chi connectivity index (χ1) is 21.8. The second-order valence-corrected chi connectivity index (χ2v) is 10.7. The SMILES string of the molecule is COc1ccccc1Nc1nc(NN=C2CCc3cc(NC(C)=O)ccc32)cc(NN=C2CCc3cc(NC(C)=O)ccc32)n1. The molecule has 1 heterocycles. The van der Waals surface area contributed by atoms with E-state index in [1.807, 2.05) is 60.7 Å². The number of hydrogen-bond donors (Lipinski definition) is 5. The standard InChI is InChI=1S/C33H33N9O3/c1-19(43)34-23-10-12-25-21(16-23)8-14-27(25)39-41-31-18-32(38-33(37-31)36-29-6-4-5-7-30(29)45-3)42-40-28-15-9-22-17-24(35-20(2)44)11-13-26(22)28/h4-7,10-13,16-18H,8-9,14-15H2,1-3H3,(H,34,43)(H,35,44)(H3,36,37,38,41,42). The van der Waals surface area contributed by atoms with Crippen molar-refractivity contribution in [3.63, 3.8) is 0 Å². The number of fused-ring (bicyclic) bond motifs is 2. The van der Waals surface area contributed by atoms with Crippen LogP contribution in [0.15, 0.2) is 76.9 Å². The number of para-hydroxylation sites is 2. The molecule has 3 aromatic carbocycles. The van der Waals surface area contributed by atoms with E-state index in [-0.39, 0.29) is 11.8 Å². The predicted molar refractivity (Wildman–Crippen MR) is 177 cm³/mol. The molecule has 2 aliphatic carbocycles. The molecule has 2 aliphatic rings. The summed E-state index contributed by atoms with van der Waals surface area (Å²) in [7, 11) is 1.61. The molecule has 228 valence electrons. The average Bonchev–Trinajstić information content (AvgIpc) is 3.61. The number of nitrogens with one attached hydrogen (secondary N) is 5. The van der Waals surface area contributed by atoms with Crippen LogP contribution in [0.4, 0.5) is 34.6 Å². The van der Waals surface area contributed by atoms with E-state index < -0.39 is 0 Å². The van der Waals surface area contributed by atoms with Crippen molar-refractivity contribution < 1.29 is 14.3 Å². The highest BCUT2D eigenvalue weighted by molar-refractivity contribution is 6.06. The van der Waals surface area contributed by atoms with Crippen LogP contribution in [0, 0.1) is 0 Å². The number of carbonyl (C=O) groups is 2. The Kier molecular flexibility index (Phi) is 8.36. The Morgan fingerprint density at radius 1 is 0.711 bits per heavy atom. The van der Waals surface area contributed by atoms with Gasteiger partial charge in [-0.05, 0) is 73.2 Å². The lowest BCUT2D eigenvalue weighted by molar-refractivity contribution is -0.115. The van der Waals surface area contributed by atoms with Crippen LogP contribution in [0.1, 0.15) is 48.9 Å². The lowest BCUT2D eigenvalue weighted by atomic mass is 10.1. The molecule has 6 rings (SSSR count). The number of hydrogen-bond acceptors (Lipinski definition) is 10. The molecule has 12 heteroatoms. The molecular formula is C33H33N9O3. The summed E-state index contributed by atoms with van der Waals surface area (Å²) < 4.78 is 5.49. The van der Waals surface area contributed by atoms with Gasteiger partial charge in [0.1, 0.15) is 5.75 Å². The first-order valence-corrected chi connectivity index (χ1v) is 14.6. The predicted octanol–water partition coefficient (Wildman–Crippen LogP) is 5.67. The van der Waals surface area contributed by atoms with E-state index in [4.69, 9.17) is 4.74 Å². The van der Waals surface area contributed by atoms with Gasteiger partial charge in [0.15, 0.2) is 11.6 Å². The number of nitrogens with zero attached hydrogens (tertiary/aromatic N) is 4. The number of aryl methyl sites for hydroxylation is 2. The van der Waals surface area contributed by atoms with E-state index in [2.05, 4.69) is 47.0 Å². The minimum absolute atomic E-state index is 0.104. The summed E-state index contributed by atoms with van der Waals surface area (Å²) in [4.78, 5) is 32.2. The molecule has 0 aliphatic heterocycles. The highest BCUT2D eigenvalue weighted by Crippen LogP contribution is 2.29. The van der Waals surface area contributed by atoms with Gasteiger partial charge >= 0.3 is 0 Å². The largest absolute Gasteiger partial charge is 0.495 e. The normalized spacial score (nSPS) is 14.9. The molecule has 0 fully saturated rings. The van der Waals surface area contributed by atoms with Crippen molar-refractivity contribution in [3.8, 4) is 5.75 Å². The van der Waals surface area contributed by atoms with Gasteiger partial charge in [-0.25, -0.2) is 0 Å². The van der Waals surface area contributed by atoms with Crippen LogP contribution in [0.3, 0.4) is 0 Å². The number of anilines is 6. The van der Waals surface area contributed by atoms with Crippen molar-refractivity contribution in [2.24, 2.45) is 10.2 Å². The summed E-state index contributed by atoms with van der Waals surface area (Å²) in [5.74, 6) is 1.70. The fourth-order valence-electron chi connectivity index (χ4n) is 5.47. The first kappa shape index (κ1) is 29.3. The Hall–Kier alpha value is -5.78. The van der Waals surface area contributed by atoms with Gasteiger partial charge in [-0.2, -0.15) is 20.2 Å². The molecule has 0 atom stereocenters. The van der Waals surface area contributed by atoms with E-state index in [1.165, 1.54) is 13.8 Å². The monoisotopic (exact) mass is 603 g/mol. The number of rotatable bonds is 9. The summed E-state index contributed by atoms with van der Waals surface area (Å²) in [6, 6.07) is 20.9. The molecule has 5 N–H and O–H groups in total. The van der Waals surface area contributed by atoms with Gasteiger partial charge in [-0.15, -0.1) is 0 Å². The van der Waals surface area contributed by atoms with Crippen molar-refractivity contribution in [1.82, 2.24) is 9.97 Å². The molecular weight excluding hydrogens is 570 g/mol. The second kappa shape index (κ2) is 12.8. The van der Waals surface area contributed by atoms with Crippen molar-refractivity contribution >= 4 is 57.9 Å². The fourth-order valence-corrected chi connectivity index (χ4v) is 5.47. The summed E-state index contributed by atoms with van der Waals surface area (Å²) >= 11 is 0. The molecule has 0 bridgehead atoms. The van der Waals surface area contributed by atoms with Crippen molar-refractivity contribution in [1.29, 1.82) is 0 Å². The van der Waals surface area contributed by atoms with Gasteiger partial charge in [0, 0.05) is 42.4 Å². The summed E-state index contributed by atoms with van der Waals surface area (Å²) in [6.07, 6.45) is 3.16. The molecule has 0 saturated heterocycles. The molecule has 12 nitrogen and oxygen atoms in total. The molecule has 0 unspecified atom stereocenters. The molecule has 45 heavy (non-hydrogen) atoms. The van der Waals surface area contributed by atoms with Gasteiger partial charge in [-0.3, -0.25) is 20.4 Å². The maximum Gasteiger partial charge on any atom is 0.231 e. The number of amides is 2. The minimum Gasteiger partial charge on any atom is -0.495 e. The zero-order chi connectivity index (χ0) is 31.3. The number of ether oxygens (including phenoxy) is 1. The summed E-state index contributed by atoms with van der Waals surface area (Å²) in [5.41, 5.74) is 14.6. The number of benzene rings is 3. The van der Waals surface area contributed by atoms with Gasteiger partial charge in [0.05, 0.1) is 24.2 Å². The molecule has 0 radical (unpaired) electrons. The smallest absolute Gasteiger partial charge is 0.231 e. The lowest BCUT2D eigenvalue weighted by Gasteiger charge is -2.12. The minimum atomic E-state index is -0.104. The van der Waals surface area contributed by atoms with Crippen molar-refractivity contribution in [3.05, 3.63) is 89.0 Å². The van der Waals surface area contributed by atoms with Crippen LogP contribution in [0.5, 0.6) is 5.75 Å². The summed E-state index contributed by atoms with van der Waals surface area (Å²) in [6.45, 7) is 2.99. The highest BCUT2D eigenvalue weighted by Gasteiger charge is 2.20. The van der Waals surface area contributed by atoms with E-state index in [0.29, 0.717) is 29.0 Å². The molecule has 2 amide bonds. The van der Waals surface area contributed by atoms with Crippen LogP contribution in [0.25, 0.3) is 0 Å². The number of hydrazone groups is 2. The maximum absolute atomic E-state index is 11.5. The van der Waals surface area contributed by atoms with Crippen molar-refractivity contribution in [2.45, 2.75) is 39.5 Å². The van der Waals surface area contributed by atoms with Crippen LogP contribution in [0.2, 0.25) is 0 Å². The average molecular weight is 604 g/mol. The lowest BCUT2D eigenvalue weighted by Crippen LogP contribution is -2.08. The van der Waals surface area contributed by atoms with Crippen molar-refractivity contribution in [2.75, 3.05) is 33.9 Å². The Labute approximate surface area is 260 Å². The molecule has 0 spiro atoms. The van der Waals surface area contributed by atoms with Gasteiger partial charge in [0.25, 0.3) is 0 Å². The van der Waals surface area contributed by atoms with E-state index in [9.17, 15) is 9.59 Å². The van der Waals surface area contributed by atoms with Gasteiger partial charge < -0.3 is 20.7 Å². The van der Waals surface area contributed by atoms with E-state index in [1.54, 1.807) is 13.2 Å². The third-order valence-corrected chi connectivity index (χ3v) is 7.43. The zero-order valence-electron chi connectivity index (χ0n) is 25.2. The molecule has 4 aromatic rings. The Bertz CT molecular complexity index is 1750. The first-order valence-electron chi connectivity index (χ1n) is 14.6. The van der Waals surface area contributed by atoms with E-state index >= 15 is 0 Å². The number of aromatic nitrogens is 2. The Balaban J connectivity index is 1.26. The maximum atomic E-state index is 11.5. The van der Waals surface area contributed by atoms with Crippen LogP contribution < -0.4 is 31.5 Å². The zero-order valence-corrected chi connectivity index (χ0v) is 25.2. The molecule has 0 saturated carbocycles. The third-order valence-electron chi connectivity index (χ3n) is 7.43. The number of carbonyl (C=O) groups excluding carboxylic acids is 2. The van der Waals surface area contributed by atoms with Crippen LogP contribution in [-0.2, 0) is 22.4 Å². The fraction of sp³-hybridized carbons (Fsp3) is 0.212. The van der Waals surface area contributed by atoms with Crippen LogP contribution in [-0.4, -0.2) is 40.3 Å². The Morgan fingerprint density at radius 3 is 1.76 bits per heavy atom. The number of methoxy groups -OCH3 is 1. The van der Waals surface area contributed by atoms with Gasteiger partial charge in [0.2, 0.25) is 17.8 Å². The topological polar surface area (TPSA) is 154 Å². The Morgan fingerprint density at radius 2 is 1.24 bits per heavy atom. The van der Waals surface area contributed by atoms with E-state index in [0.717, 1.165) is 70.7 Å². The molecule has 1 aromatic heterocycles. The third kappa shape index (κ3) is 6.90. The van der Waals surface area contributed by atoms with Gasteiger partial charge in [-0.1, -0.05) is 24.3 Å². The van der Waals surface area contributed by atoms with Crippen LogP contribution >= 0.6 is 0 Å². The highest BCUT2D eigenvalue weighted by atomic mass is 16.5. The quantitative estimate of drug-likeness (QED) is 0.153. The second-order valence-electron chi connectivity index (χ2n) is 10.7.